The van der Waals surface area contributed by atoms with Crippen LogP contribution in [0.5, 0.6) is 0 Å². The van der Waals surface area contributed by atoms with Crippen molar-refractivity contribution in [1.82, 2.24) is 9.80 Å². The van der Waals surface area contributed by atoms with Gasteiger partial charge in [0.15, 0.2) is 0 Å². The molecule has 0 rings (SSSR count). The van der Waals surface area contributed by atoms with Crippen LogP contribution in [0.2, 0.25) is 0 Å². The highest BCUT2D eigenvalue weighted by molar-refractivity contribution is 5.85. The van der Waals surface area contributed by atoms with Crippen molar-refractivity contribution in [3.05, 3.63) is 25.6 Å². The average Bonchev–Trinajstić information content (AvgIpc) is 2.01. The number of amidine groups is 1. The quantitative estimate of drug-likeness (QED) is 0.462. The molecule has 0 spiro atoms. The zero-order valence-corrected chi connectivity index (χ0v) is 8.12. The minimum absolute atomic E-state index is 0.786. The highest BCUT2D eigenvalue weighted by atomic mass is 15.2. The molecule has 0 unspecified atom stereocenters. The van der Waals surface area contributed by atoms with E-state index in [1.165, 1.54) is 0 Å². The van der Waals surface area contributed by atoms with E-state index in [-0.39, 0.29) is 0 Å². The first kappa shape index (κ1) is 10.9. The molecule has 0 aliphatic heterocycles. The minimum Gasteiger partial charge on any atom is -0.339 e. The van der Waals surface area contributed by atoms with Gasteiger partial charge in [0.2, 0.25) is 0 Å². The molecule has 0 N–H and O–H groups in total. The number of aliphatic imine (C=N–C) groups is 1. The highest BCUT2D eigenvalue weighted by Gasteiger charge is 2.02. The molecule has 68 valence electrons. The summed E-state index contributed by atoms with van der Waals surface area (Å²) in [6.07, 6.45) is 3.27. The van der Waals surface area contributed by atoms with E-state index in [4.69, 9.17) is 0 Å². The fourth-order valence-electron chi connectivity index (χ4n) is 0.737. The van der Waals surface area contributed by atoms with Gasteiger partial charge in [-0.15, -0.1) is 0 Å². The van der Waals surface area contributed by atoms with Crippen LogP contribution in [0.15, 0.2) is 30.6 Å². The van der Waals surface area contributed by atoms with Crippen LogP contribution >= 0.6 is 0 Å². The van der Waals surface area contributed by atoms with Gasteiger partial charge in [0.1, 0.15) is 5.84 Å². The summed E-state index contributed by atoms with van der Waals surface area (Å²) in [5.74, 6) is 0.935. The molecule has 0 aliphatic carbocycles. The summed E-state index contributed by atoms with van der Waals surface area (Å²) in [5, 5.41) is 0. The van der Waals surface area contributed by atoms with Crippen LogP contribution in [0.1, 0.15) is 0 Å². The van der Waals surface area contributed by atoms with Gasteiger partial charge in [-0.2, -0.15) is 0 Å². The molecule has 3 heteroatoms. The summed E-state index contributed by atoms with van der Waals surface area (Å²) in [6.45, 7) is 8.01. The van der Waals surface area contributed by atoms with E-state index in [9.17, 15) is 0 Å². The molecule has 0 aliphatic rings. The third kappa shape index (κ3) is 3.93. The number of hydrogen-bond acceptors (Lipinski definition) is 2. The van der Waals surface area contributed by atoms with E-state index < -0.39 is 0 Å². The second-order valence-corrected chi connectivity index (χ2v) is 2.76. The van der Waals surface area contributed by atoms with Crippen LogP contribution in [-0.2, 0) is 0 Å². The molecule has 0 saturated heterocycles. The predicted octanol–water partition coefficient (Wildman–Crippen LogP) is 1.17. The summed E-state index contributed by atoms with van der Waals surface area (Å²) in [6, 6.07) is 0. The predicted molar refractivity (Wildman–Crippen MR) is 54.1 cm³/mol. The van der Waals surface area contributed by atoms with E-state index in [1.54, 1.807) is 12.4 Å². The summed E-state index contributed by atoms with van der Waals surface area (Å²) in [4.78, 5) is 8.05. The largest absolute Gasteiger partial charge is 0.339 e. The smallest absolute Gasteiger partial charge is 0.122 e. The molecule has 0 bridgehead atoms. The summed E-state index contributed by atoms with van der Waals surface area (Å²) >= 11 is 0. The zero-order valence-electron chi connectivity index (χ0n) is 8.12. The minimum atomic E-state index is 0.786. The molecule has 0 fully saturated rings. The van der Waals surface area contributed by atoms with Crippen molar-refractivity contribution in [2.24, 2.45) is 4.99 Å². The highest BCUT2D eigenvalue weighted by Crippen LogP contribution is 1.91. The Labute approximate surface area is 74.7 Å². The van der Waals surface area contributed by atoms with Crippen LogP contribution in [0, 0.1) is 0 Å². The number of nitrogens with zero attached hydrogens (tertiary/aromatic N) is 3. The molecule has 0 saturated carbocycles. The average molecular weight is 167 g/mol. The molecule has 3 nitrogen and oxygen atoms in total. The first-order valence-electron chi connectivity index (χ1n) is 3.79. The van der Waals surface area contributed by atoms with Crippen LogP contribution in [0.25, 0.3) is 0 Å². The molecule has 12 heavy (non-hydrogen) atoms. The zero-order chi connectivity index (χ0) is 9.56. The third-order valence-electron chi connectivity index (χ3n) is 1.38. The molecular formula is C9H17N3. The Morgan fingerprint density at radius 1 is 1.33 bits per heavy atom. The molecule has 0 aromatic rings. The van der Waals surface area contributed by atoms with Crippen molar-refractivity contribution in [3.8, 4) is 0 Å². The van der Waals surface area contributed by atoms with E-state index in [1.807, 2.05) is 30.9 Å². The van der Waals surface area contributed by atoms with Crippen molar-refractivity contribution in [2.75, 3.05) is 27.7 Å². The SMILES string of the molecule is C=CN=C(CN(C)C)N(C)C=C. The van der Waals surface area contributed by atoms with Gasteiger partial charge in [0, 0.05) is 13.2 Å². The topological polar surface area (TPSA) is 18.8 Å². The molecule has 0 aromatic carbocycles. The second-order valence-electron chi connectivity index (χ2n) is 2.76. The van der Waals surface area contributed by atoms with Gasteiger partial charge in [-0.25, -0.2) is 4.99 Å². The van der Waals surface area contributed by atoms with Crippen LogP contribution in [0.3, 0.4) is 0 Å². The van der Waals surface area contributed by atoms with Crippen molar-refractivity contribution >= 4 is 5.84 Å². The molecule has 0 heterocycles. The maximum atomic E-state index is 4.13. The Bertz CT molecular complexity index is 182. The van der Waals surface area contributed by atoms with Crippen molar-refractivity contribution in [3.63, 3.8) is 0 Å². The fraction of sp³-hybridized carbons (Fsp3) is 0.444. The second kappa shape index (κ2) is 5.55. The van der Waals surface area contributed by atoms with E-state index in [0.29, 0.717) is 0 Å². The van der Waals surface area contributed by atoms with Gasteiger partial charge in [-0.1, -0.05) is 13.2 Å². The molecule has 0 amide bonds. The Morgan fingerprint density at radius 2 is 1.92 bits per heavy atom. The van der Waals surface area contributed by atoms with Crippen molar-refractivity contribution in [1.29, 1.82) is 0 Å². The van der Waals surface area contributed by atoms with Gasteiger partial charge in [0.05, 0.1) is 6.54 Å². The van der Waals surface area contributed by atoms with E-state index in [2.05, 4.69) is 18.2 Å². The van der Waals surface area contributed by atoms with Gasteiger partial charge in [-0.3, -0.25) is 0 Å². The molecule has 0 atom stereocenters. The maximum absolute atomic E-state index is 4.13. The number of likely N-dealkylation sites (N-methyl/N-ethyl adjacent to an activating group) is 2. The molecule has 0 radical (unpaired) electrons. The Balaban J connectivity index is 4.32. The van der Waals surface area contributed by atoms with E-state index >= 15 is 0 Å². The van der Waals surface area contributed by atoms with E-state index in [0.717, 1.165) is 12.4 Å². The standard InChI is InChI=1S/C9H17N3/c1-6-10-9(8-11(3)4)12(5)7-2/h6-7H,1-2,8H2,3-5H3. The van der Waals surface area contributed by atoms with Crippen LogP contribution in [-0.4, -0.2) is 43.3 Å². The Morgan fingerprint density at radius 3 is 2.25 bits per heavy atom. The van der Waals surface area contributed by atoms with Gasteiger partial charge >= 0.3 is 0 Å². The molecular weight excluding hydrogens is 150 g/mol. The fourth-order valence-corrected chi connectivity index (χ4v) is 0.737. The van der Waals surface area contributed by atoms with Gasteiger partial charge < -0.3 is 9.80 Å². The molecule has 0 aromatic heterocycles. The lowest BCUT2D eigenvalue weighted by atomic mass is 10.5. The number of rotatable bonds is 4. The van der Waals surface area contributed by atoms with Crippen molar-refractivity contribution in [2.45, 2.75) is 0 Å². The first-order valence-corrected chi connectivity index (χ1v) is 3.79. The normalized spacial score (nSPS) is 11.5. The maximum Gasteiger partial charge on any atom is 0.122 e. The monoisotopic (exact) mass is 167 g/mol. The summed E-state index contributed by atoms with van der Waals surface area (Å²) < 4.78 is 0. The summed E-state index contributed by atoms with van der Waals surface area (Å²) in [7, 11) is 5.91. The number of hydrogen-bond donors (Lipinski definition) is 0. The van der Waals surface area contributed by atoms with Crippen LogP contribution in [0.4, 0.5) is 0 Å². The lowest BCUT2D eigenvalue weighted by molar-refractivity contribution is 0.451. The van der Waals surface area contributed by atoms with Gasteiger partial charge in [-0.05, 0) is 20.3 Å². The van der Waals surface area contributed by atoms with Gasteiger partial charge in [0.25, 0.3) is 0 Å². The lowest BCUT2D eigenvalue weighted by Gasteiger charge is -2.19. The lowest BCUT2D eigenvalue weighted by Crippen LogP contribution is -2.31. The Kier molecular flexibility index (Phi) is 5.04. The van der Waals surface area contributed by atoms with Crippen molar-refractivity contribution < 1.29 is 0 Å². The third-order valence-corrected chi connectivity index (χ3v) is 1.38. The first-order chi connectivity index (χ1) is 5.61. The summed E-state index contributed by atoms with van der Waals surface area (Å²) in [5.41, 5.74) is 0. The Hall–Kier alpha value is -1.09. The van der Waals surface area contributed by atoms with Crippen LogP contribution < -0.4 is 0 Å².